The molecule has 0 unspecified atom stereocenters. The highest BCUT2D eigenvalue weighted by Crippen LogP contribution is 2.34. The lowest BCUT2D eigenvalue weighted by molar-refractivity contribution is 0.0950. The van der Waals surface area contributed by atoms with Crippen LogP contribution in [0.5, 0.6) is 0 Å². The predicted octanol–water partition coefficient (Wildman–Crippen LogP) is 4.78. The number of hydrogen-bond acceptors (Lipinski definition) is 4. The number of amides is 1. The van der Waals surface area contributed by atoms with Crippen LogP contribution in [0.3, 0.4) is 0 Å². The third kappa shape index (κ3) is 4.93. The number of aromatic nitrogens is 3. The quantitative estimate of drug-likeness (QED) is 0.472. The second-order valence-corrected chi connectivity index (χ2v) is 9.34. The molecule has 0 radical (unpaired) electrons. The van der Waals surface area contributed by atoms with E-state index in [4.69, 9.17) is 0 Å². The molecule has 3 aromatic rings. The molecule has 4 rings (SSSR count). The number of aryl methyl sites for hydroxylation is 2. The Hall–Kier alpha value is -3.35. The van der Waals surface area contributed by atoms with Gasteiger partial charge < -0.3 is 20.2 Å². The Kier molecular flexibility index (Phi) is 7.20. The second-order valence-electron chi connectivity index (χ2n) is 9.34. The van der Waals surface area contributed by atoms with Crippen LogP contribution in [-0.2, 0) is 6.54 Å². The lowest BCUT2D eigenvalue weighted by Crippen LogP contribution is -2.37. The van der Waals surface area contributed by atoms with Crippen LogP contribution in [0.2, 0.25) is 0 Å². The average molecular weight is 462 g/mol. The molecule has 0 spiro atoms. The van der Waals surface area contributed by atoms with Crippen LogP contribution in [0.15, 0.2) is 35.5 Å². The molecular formula is C27H35N5O2. The Labute approximate surface area is 201 Å². The van der Waals surface area contributed by atoms with Crippen molar-refractivity contribution in [3.8, 4) is 11.3 Å². The molecule has 1 aromatic carbocycles. The minimum atomic E-state index is -0.181. The monoisotopic (exact) mass is 461 g/mol. The zero-order chi connectivity index (χ0) is 24.2. The van der Waals surface area contributed by atoms with Crippen LogP contribution in [0, 0.1) is 20.8 Å². The highest BCUT2D eigenvalue weighted by molar-refractivity contribution is 5.98. The fourth-order valence-corrected chi connectivity index (χ4v) is 5.19. The van der Waals surface area contributed by atoms with E-state index in [0.717, 1.165) is 40.3 Å². The van der Waals surface area contributed by atoms with Gasteiger partial charge in [-0.15, -0.1) is 0 Å². The van der Waals surface area contributed by atoms with Crippen molar-refractivity contribution in [3.05, 3.63) is 69.0 Å². The smallest absolute Gasteiger partial charge is 0.253 e. The summed E-state index contributed by atoms with van der Waals surface area (Å²) in [6.45, 7) is 9.03. The van der Waals surface area contributed by atoms with E-state index in [1.54, 1.807) is 12.5 Å². The van der Waals surface area contributed by atoms with Crippen molar-refractivity contribution in [1.82, 2.24) is 20.3 Å². The number of hydrogen-bond donors (Lipinski definition) is 3. The molecule has 2 heterocycles. The van der Waals surface area contributed by atoms with E-state index >= 15 is 0 Å². The number of rotatable bonds is 7. The SMILES string of the molecule is CCN(c1cc(-c2cnc[nH]2)cc(C(=O)NCc2c(C)cc(C)[nH]c2=O)c1C)C1CCCCC1. The van der Waals surface area contributed by atoms with Gasteiger partial charge >= 0.3 is 0 Å². The van der Waals surface area contributed by atoms with Crippen molar-refractivity contribution in [2.45, 2.75) is 72.4 Å². The Morgan fingerprint density at radius 1 is 1.15 bits per heavy atom. The van der Waals surface area contributed by atoms with Crippen molar-refractivity contribution >= 4 is 11.6 Å². The van der Waals surface area contributed by atoms with Crippen LogP contribution in [0.1, 0.15) is 71.8 Å². The van der Waals surface area contributed by atoms with Gasteiger partial charge in [-0.3, -0.25) is 9.59 Å². The highest BCUT2D eigenvalue weighted by atomic mass is 16.1. The van der Waals surface area contributed by atoms with Gasteiger partial charge in [0.1, 0.15) is 0 Å². The highest BCUT2D eigenvalue weighted by Gasteiger charge is 2.24. The normalized spacial score (nSPS) is 14.2. The minimum Gasteiger partial charge on any atom is -0.369 e. The Bertz CT molecular complexity index is 1210. The summed E-state index contributed by atoms with van der Waals surface area (Å²) in [5.74, 6) is -0.181. The molecule has 0 aliphatic heterocycles. The van der Waals surface area contributed by atoms with Crippen molar-refractivity contribution in [2.24, 2.45) is 0 Å². The van der Waals surface area contributed by atoms with Crippen molar-refractivity contribution in [2.75, 3.05) is 11.4 Å². The summed E-state index contributed by atoms with van der Waals surface area (Å²) in [6, 6.07) is 6.50. The van der Waals surface area contributed by atoms with Gasteiger partial charge in [0.2, 0.25) is 0 Å². The van der Waals surface area contributed by atoms with E-state index in [9.17, 15) is 9.59 Å². The first-order chi connectivity index (χ1) is 16.4. The lowest BCUT2D eigenvalue weighted by Gasteiger charge is -2.37. The number of carbonyl (C=O) groups excluding carboxylic acids is 1. The van der Waals surface area contributed by atoms with Gasteiger partial charge in [0.15, 0.2) is 0 Å². The molecule has 0 saturated heterocycles. The van der Waals surface area contributed by atoms with Crippen LogP contribution < -0.4 is 15.8 Å². The molecule has 1 fully saturated rings. The van der Waals surface area contributed by atoms with E-state index in [2.05, 4.69) is 38.2 Å². The summed E-state index contributed by atoms with van der Waals surface area (Å²) in [7, 11) is 0. The third-order valence-electron chi connectivity index (χ3n) is 7.02. The van der Waals surface area contributed by atoms with Crippen LogP contribution in [-0.4, -0.2) is 33.4 Å². The maximum atomic E-state index is 13.4. The fourth-order valence-electron chi connectivity index (χ4n) is 5.19. The maximum Gasteiger partial charge on any atom is 0.253 e. The summed E-state index contributed by atoms with van der Waals surface area (Å²) in [4.78, 5) is 38.5. The largest absolute Gasteiger partial charge is 0.369 e. The topological polar surface area (TPSA) is 93.9 Å². The number of H-pyrrole nitrogens is 2. The number of benzene rings is 1. The number of imidazole rings is 1. The standard InChI is InChI=1S/C27H35N5O2/c1-5-32(21-9-7-6-8-10-21)25-13-20(24-15-28-16-30-24)12-22(19(25)4)26(33)29-14-23-17(2)11-18(3)31-27(23)34/h11-13,15-16,21H,5-10,14H2,1-4H3,(H,28,30)(H,29,33)(H,31,34). The van der Waals surface area contributed by atoms with Crippen LogP contribution >= 0.6 is 0 Å². The average Bonchev–Trinajstić information content (AvgIpc) is 3.35. The van der Waals surface area contributed by atoms with Crippen LogP contribution in [0.25, 0.3) is 11.3 Å². The number of aromatic amines is 2. The molecular weight excluding hydrogens is 426 g/mol. The molecule has 7 nitrogen and oxygen atoms in total. The number of pyridine rings is 1. The van der Waals surface area contributed by atoms with E-state index in [-0.39, 0.29) is 18.0 Å². The molecule has 7 heteroatoms. The van der Waals surface area contributed by atoms with Gasteiger partial charge in [-0.25, -0.2) is 4.98 Å². The molecule has 34 heavy (non-hydrogen) atoms. The summed E-state index contributed by atoms with van der Waals surface area (Å²) in [6.07, 6.45) is 9.59. The molecule has 1 amide bonds. The molecule has 180 valence electrons. The minimum absolute atomic E-state index is 0.157. The van der Waals surface area contributed by atoms with E-state index in [0.29, 0.717) is 17.2 Å². The van der Waals surface area contributed by atoms with E-state index in [1.165, 1.54) is 32.1 Å². The number of carbonyl (C=O) groups is 1. The molecule has 0 bridgehead atoms. The first-order valence-electron chi connectivity index (χ1n) is 12.3. The van der Waals surface area contributed by atoms with Crippen molar-refractivity contribution in [3.63, 3.8) is 0 Å². The summed E-state index contributed by atoms with van der Waals surface area (Å²) >= 11 is 0. The number of nitrogens with zero attached hydrogens (tertiary/aromatic N) is 2. The lowest BCUT2D eigenvalue weighted by atomic mass is 9.92. The van der Waals surface area contributed by atoms with E-state index < -0.39 is 0 Å². The van der Waals surface area contributed by atoms with Gasteiger partial charge in [-0.05, 0) is 69.9 Å². The summed E-state index contributed by atoms with van der Waals surface area (Å²) in [5.41, 5.74) is 6.60. The Balaban J connectivity index is 1.70. The van der Waals surface area contributed by atoms with Gasteiger partial charge in [0.25, 0.3) is 11.5 Å². The van der Waals surface area contributed by atoms with Crippen molar-refractivity contribution in [1.29, 1.82) is 0 Å². The molecule has 2 aromatic heterocycles. The number of anilines is 1. The number of nitrogens with one attached hydrogen (secondary N) is 3. The molecule has 3 N–H and O–H groups in total. The molecule has 0 atom stereocenters. The second kappa shape index (κ2) is 10.3. The zero-order valence-electron chi connectivity index (χ0n) is 20.6. The third-order valence-corrected chi connectivity index (χ3v) is 7.02. The zero-order valence-corrected chi connectivity index (χ0v) is 20.6. The van der Waals surface area contributed by atoms with Gasteiger partial charge in [0, 0.05) is 47.2 Å². The van der Waals surface area contributed by atoms with Gasteiger partial charge in [0.05, 0.1) is 18.2 Å². The molecule has 1 aliphatic rings. The first kappa shape index (κ1) is 23.8. The summed E-state index contributed by atoms with van der Waals surface area (Å²) < 4.78 is 0. The molecule has 1 aliphatic carbocycles. The molecule has 1 saturated carbocycles. The summed E-state index contributed by atoms with van der Waals surface area (Å²) in [5, 5.41) is 2.99. The first-order valence-corrected chi connectivity index (χ1v) is 12.3. The van der Waals surface area contributed by atoms with Crippen LogP contribution in [0.4, 0.5) is 5.69 Å². The maximum absolute atomic E-state index is 13.4. The van der Waals surface area contributed by atoms with Crippen molar-refractivity contribution < 1.29 is 4.79 Å². The fraction of sp³-hybridized carbons (Fsp3) is 0.444. The van der Waals surface area contributed by atoms with Gasteiger partial charge in [-0.1, -0.05) is 19.3 Å². The Morgan fingerprint density at radius 2 is 1.91 bits per heavy atom. The predicted molar refractivity (Wildman–Crippen MR) is 136 cm³/mol. The van der Waals surface area contributed by atoms with E-state index in [1.807, 2.05) is 32.9 Å². The Morgan fingerprint density at radius 3 is 2.56 bits per heavy atom. The van der Waals surface area contributed by atoms with Gasteiger partial charge in [-0.2, -0.15) is 0 Å².